The predicted octanol–water partition coefficient (Wildman–Crippen LogP) is 3.59. The number of halogens is 2. The lowest BCUT2D eigenvalue weighted by molar-refractivity contribution is -0.147. The van der Waals surface area contributed by atoms with E-state index in [2.05, 4.69) is 5.10 Å². The Hall–Kier alpha value is -4.68. The van der Waals surface area contributed by atoms with Crippen LogP contribution >= 0.6 is 0 Å². The van der Waals surface area contributed by atoms with Crippen LogP contribution in [0.25, 0.3) is 10.8 Å². The van der Waals surface area contributed by atoms with E-state index in [4.69, 9.17) is 0 Å². The molecule has 258 valence electrons. The number of aryl methyl sites for hydroxylation is 1. The number of carbonyl (C=O) groups is 2. The van der Waals surface area contributed by atoms with E-state index in [1.807, 2.05) is 76.2 Å². The molecule has 4 aromatic rings. The van der Waals surface area contributed by atoms with Gasteiger partial charge in [-0.1, -0.05) is 48.5 Å². The van der Waals surface area contributed by atoms with Crippen molar-refractivity contribution in [2.75, 3.05) is 58.3 Å². The fourth-order valence-corrected chi connectivity index (χ4v) is 7.30. The van der Waals surface area contributed by atoms with E-state index < -0.39 is 35.5 Å². The van der Waals surface area contributed by atoms with E-state index in [1.54, 1.807) is 13.1 Å². The number of carboxylic acid groups (broad SMARTS) is 1. The minimum atomic E-state index is -0.915. The normalized spacial score (nSPS) is 20.7. The van der Waals surface area contributed by atoms with Crippen molar-refractivity contribution in [1.82, 2.24) is 24.5 Å². The van der Waals surface area contributed by atoms with Crippen LogP contribution in [0.1, 0.15) is 23.5 Å². The summed E-state index contributed by atoms with van der Waals surface area (Å²) < 4.78 is 30.4. The summed E-state index contributed by atoms with van der Waals surface area (Å²) in [6, 6.07) is 19.4. The molecule has 0 bridgehead atoms. The molecule has 2 aliphatic heterocycles. The van der Waals surface area contributed by atoms with Gasteiger partial charge in [-0.3, -0.25) is 19.3 Å². The quantitative estimate of drug-likeness (QED) is 0.273. The van der Waals surface area contributed by atoms with Crippen molar-refractivity contribution < 1.29 is 23.5 Å². The summed E-state index contributed by atoms with van der Waals surface area (Å²) >= 11 is 0. The summed E-state index contributed by atoms with van der Waals surface area (Å²) in [5.74, 6) is -3.29. The molecular weight excluding hydrogens is 630 g/mol. The molecule has 0 radical (unpaired) electrons. The average molecular weight is 673 g/mol. The van der Waals surface area contributed by atoms with Crippen LogP contribution in [0.15, 0.2) is 77.6 Å². The number of piperazine rings is 1. The number of benzene rings is 3. The highest BCUT2D eigenvalue weighted by Gasteiger charge is 2.45. The van der Waals surface area contributed by atoms with Gasteiger partial charge in [0, 0.05) is 63.9 Å². The van der Waals surface area contributed by atoms with Gasteiger partial charge in [-0.25, -0.2) is 13.5 Å². The molecule has 49 heavy (non-hydrogen) atoms. The van der Waals surface area contributed by atoms with Crippen molar-refractivity contribution in [2.45, 2.75) is 30.8 Å². The maximum absolute atomic E-state index is 15.3. The number of nitrogens with zero attached hydrogens (tertiary/aromatic N) is 6. The molecule has 2 aliphatic rings. The number of anilines is 1. The van der Waals surface area contributed by atoms with E-state index in [1.165, 1.54) is 22.9 Å². The molecule has 0 spiro atoms. The van der Waals surface area contributed by atoms with Crippen LogP contribution in [0.4, 0.5) is 14.6 Å². The van der Waals surface area contributed by atoms with Crippen LogP contribution in [0, 0.1) is 17.6 Å². The standard InChI is InChI=1S/C37H42F2N6O4/c1-41(2)15-14-28-21-43(33(37(48)49)19-24-8-9-25-6-4-5-7-26(25)18-24)16-17-45(28)36(47)31-23-44(34-12-13-35(46)42(3)40-34)22-30(31)29-11-10-27(38)20-32(29)39/h4-13,18,20,28,30-31,33H,14-17,19,21-23H2,1-3H3,(H,48,49)/t28-,30-,31+,33-/m0/s1. The second-order valence-corrected chi connectivity index (χ2v) is 13.4. The van der Waals surface area contributed by atoms with E-state index in [9.17, 15) is 23.9 Å². The molecule has 12 heteroatoms. The molecule has 6 rings (SSSR count). The molecule has 1 N–H and O–H groups in total. The third-order valence-corrected chi connectivity index (χ3v) is 9.94. The molecule has 3 heterocycles. The van der Waals surface area contributed by atoms with Crippen LogP contribution in [-0.4, -0.2) is 107 Å². The van der Waals surface area contributed by atoms with Gasteiger partial charge < -0.3 is 19.8 Å². The fraction of sp³-hybridized carbons (Fsp3) is 0.405. The van der Waals surface area contributed by atoms with Gasteiger partial charge in [-0.2, -0.15) is 5.10 Å². The number of amides is 1. The number of aliphatic carboxylic acids is 1. The largest absolute Gasteiger partial charge is 0.480 e. The van der Waals surface area contributed by atoms with Gasteiger partial charge in [-0.05, 0) is 67.5 Å². The summed E-state index contributed by atoms with van der Waals surface area (Å²) in [6.07, 6.45) is 0.941. The van der Waals surface area contributed by atoms with Gasteiger partial charge in [0.1, 0.15) is 23.5 Å². The Morgan fingerprint density at radius 2 is 1.73 bits per heavy atom. The lowest BCUT2D eigenvalue weighted by atomic mass is 9.86. The Kier molecular flexibility index (Phi) is 10.1. The summed E-state index contributed by atoms with van der Waals surface area (Å²) in [6.45, 7) is 2.21. The van der Waals surface area contributed by atoms with Gasteiger partial charge in [0.05, 0.1) is 5.92 Å². The van der Waals surface area contributed by atoms with Gasteiger partial charge in [0.15, 0.2) is 0 Å². The summed E-state index contributed by atoms with van der Waals surface area (Å²) in [5, 5.41) is 16.9. The number of hydrogen-bond donors (Lipinski definition) is 1. The SMILES string of the molecule is CN(C)CC[C@H]1CN([C@@H](Cc2ccc3ccccc3c2)C(=O)O)CCN1C(=O)[C@@H]1CN(c2ccc(=O)n(C)n2)C[C@H]1c1ccc(F)cc1F. The number of aromatic nitrogens is 2. The molecule has 2 saturated heterocycles. The average Bonchev–Trinajstić information content (AvgIpc) is 3.52. The lowest BCUT2D eigenvalue weighted by Crippen LogP contribution is -2.60. The number of carbonyl (C=O) groups excluding carboxylic acids is 1. The number of hydrogen-bond acceptors (Lipinski definition) is 7. The van der Waals surface area contributed by atoms with Crippen molar-refractivity contribution in [3.63, 3.8) is 0 Å². The van der Waals surface area contributed by atoms with Crippen molar-refractivity contribution in [1.29, 1.82) is 0 Å². The summed E-state index contributed by atoms with van der Waals surface area (Å²) in [4.78, 5) is 47.1. The van der Waals surface area contributed by atoms with Crippen LogP contribution in [0.5, 0.6) is 0 Å². The first-order chi connectivity index (χ1) is 23.5. The Labute approximate surface area is 284 Å². The van der Waals surface area contributed by atoms with Crippen molar-refractivity contribution >= 4 is 28.5 Å². The monoisotopic (exact) mass is 672 g/mol. The van der Waals surface area contributed by atoms with Crippen LogP contribution in [0.3, 0.4) is 0 Å². The highest BCUT2D eigenvalue weighted by atomic mass is 19.1. The van der Waals surface area contributed by atoms with Crippen LogP contribution in [-0.2, 0) is 23.1 Å². The highest BCUT2D eigenvalue weighted by Crippen LogP contribution is 2.38. The molecule has 3 aromatic carbocycles. The molecule has 0 aliphatic carbocycles. The molecule has 2 fully saturated rings. The van der Waals surface area contributed by atoms with Gasteiger partial charge in [-0.15, -0.1) is 0 Å². The topological polar surface area (TPSA) is 102 Å². The molecule has 0 unspecified atom stereocenters. The second kappa shape index (κ2) is 14.4. The minimum Gasteiger partial charge on any atom is -0.480 e. The first-order valence-electron chi connectivity index (χ1n) is 16.6. The molecule has 1 amide bonds. The molecule has 1 aromatic heterocycles. The zero-order chi connectivity index (χ0) is 34.8. The number of rotatable bonds is 10. The summed E-state index contributed by atoms with van der Waals surface area (Å²) in [7, 11) is 5.45. The third kappa shape index (κ3) is 7.50. The molecule has 10 nitrogen and oxygen atoms in total. The highest BCUT2D eigenvalue weighted by molar-refractivity contribution is 5.84. The van der Waals surface area contributed by atoms with E-state index in [0.717, 1.165) is 22.4 Å². The minimum absolute atomic E-state index is 0.161. The maximum Gasteiger partial charge on any atom is 0.321 e. The van der Waals surface area contributed by atoms with Crippen molar-refractivity contribution in [2.24, 2.45) is 13.0 Å². The Morgan fingerprint density at radius 1 is 0.959 bits per heavy atom. The number of fused-ring (bicyclic) bond motifs is 1. The van der Waals surface area contributed by atoms with E-state index in [-0.39, 0.29) is 36.2 Å². The second-order valence-electron chi connectivity index (χ2n) is 13.4. The predicted molar refractivity (Wildman–Crippen MR) is 184 cm³/mol. The fourth-order valence-electron chi connectivity index (χ4n) is 7.30. The molecule has 4 atom stereocenters. The van der Waals surface area contributed by atoms with Gasteiger partial charge >= 0.3 is 5.97 Å². The Morgan fingerprint density at radius 3 is 2.45 bits per heavy atom. The van der Waals surface area contributed by atoms with Crippen molar-refractivity contribution in [3.8, 4) is 0 Å². The van der Waals surface area contributed by atoms with Crippen LogP contribution in [0.2, 0.25) is 0 Å². The van der Waals surface area contributed by atoms with E-state index in [0.29, 0.717) is 44.8 Å². The molecule has 0 saturated carbocycles. The van der Waals surface area contributed by atoms with Gasteiger partial charge in [0.25, 0.3) is 5.56 Å². The smallest absolute Gasteiger partial charge is 0.321 e. The first-order valence-corrected chi connectivity index (χ1v) is 16.6. The van der Waals surface area contributed by atoms with Crippen molar-refractivity contribution in [3.05, 3.63) is 106 Å². The third-order valence-electron chi connectivity index (χ3n) is 9.94. The van der Waals surface area contributed by atoms with E-state index >= 15 is 4.39 Å². The Bertz CT molecular complexity index is 1900. The van der Waals surface area contributed by atoms with Gasteiger partial charge in [0.2, 0.25) is 5.91 Å². The first kappa shape index (κ1) is 34.2. The zero-order valence-electron chi connectivity index (χ0n) is 28.0. The lowest BCUT2D eigenvalue weighted by Gasteiger charge is -2.45. The van der Waals surface area contributed by atoms with Crippen LogP contribution < -0.4 is 10.5 Å². The molecular formula is C37H42F2N6O4. The maximum atomic E-state index is 15.3. The summed E-state index contributed by atoms with van der Waals surface area (Å²) in [5.41, 5.74) is 0.896. The zero-order valence-corrected chi connectivity index (χ0v) is 28.0. The Balaban J connectivity index is 1.27. The number of carboxylic acids is 1.